The summed E-state index contributed by atoms with van der Waals surface area (Å²) < 4.78 is 0. The van der Waals surface area contributed by atoms with Gasteiger partial charge in [-0.1, -0.05) is 40.5 Å². The summed E-state index contributed by atoms with van der Waals surface area (Å²) in [5.41, 5.74) is 0.116. The molecule has 13 heavy (non-hydrogen) atoms. The van der Waals surface area contributed by atoms with Crippen molar-refractivity contribution in [2.75, 3.05) is 13.1 Å². The van der Waals surface area contributed by atoms with Crippen molar-refractivity contribution < 1.29 is 32.7 Å². The van der Waals surface area contributed by atoms with Gasteiger partial charge in [-0.3, -0.25) is 5.41 Å². The topological polar surface area (TPSA) is 12.0 Å². The molecule has 79 valence electrons. The summed E-state index contributed by atoms with van der Waals surface area (Å²) in [5, 5.41) is 3.26. The third-order valence-corrected chi connectivity index (χ3v) is 1.66. The monoisotopic (exact) mass is 260 g/mol. The molecule has 1 N–H and O–H groups in total. The van der Waals surface area contributed by atoms with Crippen LogP contribution in [0.3, 0.4) is 0 Å². The molecule has 0 aromatic heterocycles. The van der Waals surface area contributed by atoms with Crippen LogP contribution in [0.4, 0.5) is 0 Å². The average molecular weight is 260 g/mol. The maximum Gasteiger partial charge on any atom is 0 e. The molecule has 1 saturated heterocycles. The smallest absolute Gasteiger partial charge is 0 e. The number of hydrogen-bond donors (Lipinski definition) is 1. The van der Waals surface area contributed by atoms with Gasteiger partial charge in [0.05, 0.1) is 0 Å². The first kappa shape index (κ1) is 19.6. The molecule has 0 aliphatic carbocycles. The van der Waals surface area contributed by atoms with Gasteiger partial charge in [0.25, 0.3) is 0 Å². The van der Waals surface area contributed by atoms with Crippen LogP contribution in [0.5, 0.6) is 0 Å². The van der Waals surface area contributed by atoms with Crippen LogP contribution < -0.4 is 5.32 Å². The molecule has 1 rings (SSSR count). The van der Waals surface area contributed by atoms with Crippen molar-refractivity contribution in [1.29, 1.82) is 0 Å². The Kier molecular flexibility index (Phi) is 19.7. The zero-order valence-electron chi connectivity index (χ0n) is 9.82. The van der Waals surface area contributed by atoms with E-state index in [1.807, 2.05) is 27.7 Å². The Labute approximate surface area is 110 Å². The number of nitrogens with one attached hydrogen (secondary N) is 1. The van der Waals surface area contributed by atoms with E-state index in [1.54, 1.807) is 0 Å². The van der Waals surface area contributed by atoms with Gasteiger partial charge in [0.1, 0.15) is 0 Å². The molecule has 0 aromatic rings. The molecular weight excluding hydrogens is 235 g/mol. The van der Waals surface area contributed by atoms with Crippen molar-refractivity contribution in [3.05, 3.63) is 13.8 Å². The maximum absolute atomic E-state index is 3.98. The first-order valence-corrected chi connectivity index (χ1v) is 5.12. The molecule has 1 nitrogen and oxygen atoms in total. The zero-order valence-corrected chi connectivity index (χ0v) is 12.7. The average Bonchev–Trinajstić information content (AvgIpc) is 2.11. The third-order valence-electron chi connectivity index (χ3n) is 1.66. The molecule has 1 radical (unpaired) electrons. The molecule has 0 spiro atoms. The van der Waals surface area contributed by atoms with E-state index in [4.69, 9.17) is 0 Å². The molecule has 0 unspecified atom stereocenters. The van der Waals surface area contributed by atoms with Crippen LogP contribution in [0, 0.1) is 19.3 Å². The predicted molar refractivity (Wildman–Crippen MR) is 57.9 cm³/mol. The van der Waals surface area contributed by atoms with Gasteiger partial charge in [-0.05, 0) is 13.1 Å². The van der Waals surface area contributed by atoms with Gasteiger partial charge in [0.15, 0.2) is 0 Å². The first-order chi connectivity index (χ1) is 5.71. The summed E-state index contributed by atoms with van der Waals surface area (Å²) in [6.45, 7) is 18.1. The summed E-state index contributed by atoms with van der Waals surface area (Å²) in [7, 11) is 0. The van der Waals surface area contributed by atoms with E-state index in [2.05, 4.69) is 19.2 Å². The van der Waals surface area contributed by atoms with Crippen LogP contribution in [0.15, 0.2) is 0 Å². The summed E-state index contributed by atoms with van der Waals surface area (Å²) in [6, 6.07) is 0. The molecule has 1 heterocycles. The Bertz CT molecular complexity index is 74.2. The van der Waals surface area contributed by atoms with E-state index in [-0.39, 0.29) is 38.1 Å². The fraction of sp³-hybridized carbons (Fsp3) is 0.818. The molecule has 1 aliphatic rings. The standard InChI is InChI=1S/C7H13N.2C2H6.Y/c1-7(2)3-5-8-6-4-7;2*1-2;/h8H,1-6H2;2*1-2H3;/q-2;;;. The van der Waals surface area contributed by atoms with E-state index in [0.717, 1.165) is 25.9 Å². The molecule has 0 atom stereocenters. The van der Waals surface area contributed by atoms with Crippen LogP contribution in [-0.2, 0) is 32.7 Å². The van der Waals surface area contributed by atoms with Crippen molar-refractivity contribution >= 4 is 0 Å². The summed E-state index contributed by atoms with van der Waals surface area (Å²) in [4.78, 5) is 0. The van der Waals surface area contributed by atoms with E-state index in [9.17, 15) is 0 Å². The third kappa shape index (κ3) is 13.1. The molecule has 0 bridgehead atoms. The largest absolute Gasteiger partial charge is 0.367 e. The number of hydrogen-bond acceptors (Lipinski definition) is 1. The van der Waals surface area contributed by atoms with E-state index >= 15 is 0 Å². The Hall–Kier alpha value is 1.06. The fourth-order valence-corrected chi connectivity index (χ4v) is 0.957. The van der Waals surface area contributed by atoms with Gasteiger partial charge < -0.3 is 19.2 Å². The fourth-order valence-electron chi connectivity index (χ4n) is 0.957. The molecular formula is C11H25NY-2. The van der Waals surface area contributed by atoms with Crippen LogP contribution in [0.2, 0.25) is 0 Å². The zero-order chi connectivity index (χ0) is 10.0. The van der Waals surface area contributed by atoms with Crippen molar-refractivity contribution in [3.63, 3.8) is 0 Å². The summed E-state index contributed by atoms with van der Waals surface area (Å²) in [5.74, 6) is 0. The Balaban J connectivity index is -0.000000178. The molecule has 0 saturated carbocycles. The molecule has 2 heteroatoms. The van der Waals surface area contributed by atoms with E-state index < -0.39 is 0 Å². The van der Waals surface area contributed by atoms with Crippen LogP contribution in [-0.4, -0.2) is 13.1 Å². The minimum Gasteiger partial charge on any atom is -0.367 e. The van der Waals surface area contributed by atoms with Crippen LogP contribution in [0.1, 0.15) is 40.5 Å². The van der Waals surface area contributed by atoms with Gasteiger partial charge in [-0.15, -0.1) is 0 Å². The minimum absolute atomic E-state index is 0. The maximum atomic E-state index is 3.98. The van der Waals surface area contributed by atoms with E-state index in [0.29, 0.717) is 0 Å². The number of rotatable bonds is 0. The van der Waals surface area contributed by atoms with Crippen molar-refractivity contribution in [3.8, 4) is 0 Å². The second-order valence-corrected chi connectivity index (χ2v) is 2.75. The Morgan fingerprint density at radius 1 is 0.923 bits per heavy atom. The van der Waals surface area contributed by atoms with Gasteiger partial charge in [-0.2, -0.15) is 0 Å². The van der Waals surface area contributed by atoms with Crippen LogP contribution in [0.25, 0.3) is 0 Å². The van der Waals surface area contributed by atoms with Crippen molar-refractivity contribution in [1.82, 2.24) is 5.32 Å². The Morgan fingerprint density at radius 2 is 1.23 bits per heavy atom. The quantitative estimate of drug-likeness (QED) is 0.660. The molecule has 0 aromatic carbocycles. The molecule has 1 fully saturated rings. The molecule has 0 amide bonds. The van der Waals surface area contributed by atoms with Crippen LogP contribution >= 0.6 is 0 Å². The second kappa shape index (κ2) is 13.1. The van der Waals surface area contributed by atoms with Gasteiger partial charge >= 0.3 is 0 Å². The minimum atomic E-state index is 0. The molecule has 1 aliphatic heterocycles. The predicted octanol–water partition coefficient (Wildman–Crippen LogP) is 3.07. The van der Waals surface area contributed by atoms with Gasteiger partial charge in [0, 0.05) is 32.7 Å². The first-order valence-electron chi connectivity index (χ1n) is 5.12. The van der Waals surface area contributed by atoms with Crippen molar-refractivity contribution in [2.45, 2.75) is 40.5 Å². The number of piperidine rings is 1. The van der Waals surface area contributed by atoms with E-state index in [1.165, 1.54) is 0 Å². The van der Waals surface area contributed by atoms with Gasteiger partial charge in [-0.25, -0.2) is 0 Å². The normalized spacial score (nSPS) is 18.0. The van der Waals surface area contributed by atoms with Gasteiger partial charge in [0.2, 0.25) is 0 Å². The summed E-state index contributed by atoms with van der Waals surface area (Å²) in [6.07, 6.45) is 2.24. The summed E-state index contributed by atoms with van der Waals surface area (Å²) >= 11 is 0. The second-order valence-electron chi connectivity index (χ2n) is 2.75. The van der Waals surface area contributed by atoms with Crippen molar-refractivity contribution in [2.24, 2.45) is 5.41 Å². The SMILES string of the molecule is CC.CC.[CH2-]C1([CH2-])CCNCC1.[Y]. The Morgan fingerprint density at radius 3 is 1.38 bits per heavy atom.